The Balaban J connectivity index is 0. The first-order valence-electron chi connectivity index (χ1n) is 1.36. The first kappa shape index (κ1) is 10.4. The molecule has 0 aliphatic rings. The molecule has 0 radical (unpaired) electrons. The summed E-state index contributed by atoms with van der Waals surface area (Å²) in [5, 5.41) is 9.34. The fraction of sp³-hybridized carbons (Fsp3) is 0.500. The van der Waals surface area contributed by atoms with Crippen LogP contribution >= 0.6 is 0 Å². The number of carbonyl (C=O) groups excluding carboxylic acids is 1. The standard InChI is InChI=1S/C2H6N2O2.Na/c3-1(4)2(5)6;/h1H,3-4H2,(H,5,6);/q;+1/p-1. The molecule has 0 heterocycles. The second-order valence-electron chi connectivity index (χ2n) is 0.845. The third-order valence-corrected chi connectivity index (χ3v) is 0.272. The van der Waals surface area contributed by atoms with E-state index in [9.17, 15) is 9.90 Å². The first-order valence-corrected chi connectivity index (χ1v) is 1.36. The molecule has 0 saturated heterocycles. The average Bonchev–Trinajstić information content (AvgIpc) is 1.36. The van der Waals surface area contributed by atoms with Gasteiger partial charge in [0.15, 0.2) is 0 Å². The number of hydrogen-bond acceptors (Lipinski definition) is 4. The van der Waals surface area contributed by atoms with Gasteiger partial charge in [-0.15, -0.1) is 0 Å². The number of carboxylic acid groups (broad SMARTS) is 1. The molecule has 0 bridgehead atoms. The molecule has 0 aromatic heterocycles. The van der Waals surface area contributed by atoms with E-state index < -0.39 is 12.1 Å². The van der Waals surface area contributed by atoms with Gasteiger partial charge in [-0.3, -0.25) is 0 Å². The quantitative estimate of drug-likeness (QED) is 0.261. The minimum absolute atomic E-state index is 0. The van der Waals surface area contributed by atoms with Crippen molar-refractivity contribution in [2.24, 2.45) is 11.5 Å². The summed E-state index contributed by atoms with van der Waals surface area (Å²) in [5.41, 5.74) is 9.10. The fourth-order valence-corrected chi connectivity index (χ4v) is 0. The predicted molar refractivity (Wildman–Crippen MR) is 17.2 cm³/mol. The van der Waals surface area contributed by atoms with Gasteiger partial charge < -0.3 is 21.4 Å². The van der Waals surface area contributed by atoms with Crippen LogP contribution in [0.25, 0.3) is 0 Å². The summed E-state index contributed by atoms with van der Waals surface area (Å²) in [5.74, 6) is -1.44. The largest absolute Gasteiger partial charge is 1.00 e. The molecule has 7 heavy (non-hydrogen) atoms. The molecule has 0 fully saturated rings. The zero-order valence-electron chi connectivity index (χ0n) is 4.05. The van der Waals surface area contributed by atoms with E-state index in [0.29, 0.717) is 0 Å². The molecule has 5 heteroatoms. The van der Waals surface area contributed by atoms with Crippen LogP contribution in [0.5, 0.6) is 0 Å². The van der Waals surface area contributed by atoms with Crippen molar-refractivity contribution in [1.82, 2.24) is 0 Å². The molecule has 0 spiro atoms. The number of carbonyl (C=O) groups is 1. The minimum atomic E-state index is -1.44. The van der Waals surface area contributed by atoms with Crippen LogP contribution in [0.2, 0.25) is 0 Å². The molecule has 0 atom stereocenters. The Labute approximate surface area is 63.2 Å². The maximum Gasteiger partial charge on any atom is 1.00 e. The van der Waals surface area contributed by atoms with Crippen LogP contribution in [0.15, 0.2) is 0 Å². The second kappa shape index (κ2) is 4.55. The van der Waals surface area contributed by atoms with Crippen LogP contribution in [-0.4, -0.2) is 12.1 Å². The number of hydrogen-bond donors (Lipinski definition) is 2. The fourth-order valence-electron chi connectivity index (χ4n) is 0. The Bertz CT molecular complexity index is 64.7. The number of nitrogens with two attached hydrogens (primary N) is 2. The molecule has 0 rings (SSSR count). The zero-order valence-corrected chi connectivity index (χ0v) is 6.05. The van der Waals surface area contributed by atoms with E-state index >= 15 is 0 Å². The second-order valence-corrected chi connectivity index (χ2v) is 0.845. The van der Waals surface area contributed by atoms with Crippen molar-refractivity contribution in [2.45, 2.75) is 6.17 Å². The van der Waals surface area contributed by atoms with Crippen LogP contribution < -0.4 is 46.1 Å². The Kier molecular flexibility index (Phi) is 6.75. The summed E-state index contributed by atoms with van der Waals surface area (Å²) >= 11 is 0. The molecule has 0 amide bonds. The third kappa shape index (κ3) is 6.39. The topological polar surface area (TPSA) is 92.2 Å². The summed E-state index contributed by atoms with van der Waals surface area (Å²) in [6, 6.07) is 0. The Morgan fingerprint density at radius 2 is 1.71 bits per heavy atom. The maximum atomic E-state index is 9.34. The predicted octanol–water partition coefficient (Wildman–Crippen LogP) is -6.02. The van der Waals surface area contributed by atoms with Crippen molar-refractivity contribution in [2.75, 3.05) is 0 Å². The van der Waals surface area contributed by atoms with Crippen molar-refractivity contribution < 1.29 is 39.5 Å². The summed E-state index contributed by atoms with van der Waals surface area (Å²) < 4.78 is 0. The van der Waals surface area contributed by atoms with Gasteiger partial charge in [0, 0.05) is 0 Å². The molecule has 4 nitrogen and oxygen atoms in total. The first-order chi connectivity index (χ1) is 2.64. The van der Waals surface area contributed by atoms with E-state index in [-0.39, 0.29) is 29.6 Å². The number of rotatable bonds is 1. The van der Waals surface area contributed by atoms with Gasteiger partial charge in [0.1, 0.15) is 0 Å². The van der Waals surface area contributed by atoms with E-state index in [0.717, 1.165) is 0 Å². The van der Waals surface area contributed by atoms with Crippen LogP contribution in [0, 0.1) is 0 Å². The van der Waals surface area contributed by atoms with Crippen LogP contribution in [0.4, 0.5) is 0 Å². The SMILES string of the molecule is NC(N)C(=O)[O-].[Na+]. The molecular formula is C2H5N2NaO2. The van der Waals surface area contributed by atoms with Crippen LogP contribution in [0.3, 0.4) is 0 Å². The summed E-state index contributed by atoms with van der Waals surface area (Å²) in [6.45, 7) is 0. The molecule has 0 aromatic carbocycles. The molecule has 0 aliphatic heterocycles. The van der Waals surface area contributed by atoms with Gasteiger partial charge in [-0.2, -0.15) is 0 Å². The van der Waals surface area contributed by atoms with E-state index in [1.54, 1.807) is 0 Å². The molecular weight excluding hydrogens is 107 g/mol. The van der Waals surface area contributed by atoms with Gasteiger partial charge in [-0.25, -0.2) is 0 Å². The Morgan fingerprint density at radius 3 is 1.71 bits per heavy atom. The van der Waals surface area contributed by atoms with Gasteiger partial charge in [0.2, 0.25) is 0 Å². The van der Waals surface area contributed by atoms with Crippen molar-refractivity contribution in [3.05, 3.63) is 0 Å². The normalized spacial score (nSPS) is 7.86. The summed E-state index contributed by atoms with van der Waals surface area (Å²) in [4.78, 5) is 9.34. The van der Waals surface area contributed by atoms with Crippen LogP contribution in [0.1, 0.15) is 0 Å². The van der Waals surface area contributed by atoms with Crippen molar-refractivity contribution in [3.8, 4) is 0 Å². The monoisotopic (exact) mass is 112 g/mol. The van der Waals surface area contributed by atoms with E-state index in [2.05, 4.69) is 11.5 Å². The number of aliphatic carboxylic acids is 1. The molecule has 4 N–H and O–H groups in total. The molecule has 36 valence electrons. The molecule has 0 aliphatic carbocycles. The van der Waals surface area contributed by atoms with Gasteiger partial charge in [0.25, 0.3) is 0 Å². The number of carboxylic acids is 1. The molecule has 0 saturated carbocycles. The van der Waals surface area contributed by atoms with Gasteiger partial charge >= 0.3 is 29.6 Å². The van der Waals surface area contributed by atoms with Crippen molar-refractivity contribution in [3.63, 3.8) is 0 Å². The Morgan fingerprint density at radius 1 is 1.57 bits per heavy atom. The Hall–Kier alpha value is 0.390. The van der Waals surface area contributed by atoms with E-state index in [1.165, 1.54) is 0 Å². The maximum absolute atomic E-state index is 9.34. The van der Waals surface area contributed by atoms with Crippen molar-refractivity contribution in [1.29, 1.82) is 0 Å². The van der Waals surface area contributed by atoms with Crippen molar-refractivity contribution >= 4 is 5.97 Å². The van der Waals surface area contributed by atoms with Crippen LogP contribution in [-0.2, 0) is 4.79 Å². The smallest absolute Gasteiger partial charge is 0.547 e. The zero-order chi connectivity index (χ0) is 5.15. The van der Waals surface area contributed by atoms with Gasteiger partial charge in [-0.05, 0) is 0 Å². The molecule has 0 unspecified atom stereocenters. The summed E-state index contributed by atoms with van der Waals surface area (Å²) in [7, 11) is 0. The van der Waals surface area contributed by atoms with Gasteiger partial charge in [0.05, 0.1) is 12.1 Å². The van der Waals surface area contributed by atoms with Gasteiger partial charge in [-0.1, -0.05) is 0 Å². The van der Waals surface area contributed by atoms with E-state index in [4.69, 9.17) is 0 Å². The average molecular weight is 112 g/mol. The van der Waals surface area contributed by atoms with E-state index in [1.807, 2.05) is 0 Å². The minimum Gasteiger partial charge on any atom is -0.547 e. The molecule has 0 aromatic rings. The summed E-state index contributed by atoms with van der Waals surface area (Å²) in [6.07, 6.45) is -1.34. The third-order valence-electron chi connectivity index (χ3n) is 0.272.